The maximum Gasteiger partial charge on any atom is 0.0447 e. The van der Waals surface area contributed by atoms with Crippen LogP contribution >= 0.6 is 0 Å². The van der Waals surface area contributed by atoms with E-state index in [2.05, 4.69) is 62.3 Å². The summed E-state index contributed by atoms with van der Waals surface area (Å²) in [6, 6.07) is 0. The topological polar surface area (TPSA) is 12.9 Å². The Morgan fingerprint density at radius 2 is 0.957 bits per heavy atom. The van der Waals surface area contributed by atoms with Crippen molar-refractivity contribution in [2.75, 3.05) is 0 Å². The van der Waals surface area contributed by atoms with Crippen molar-refractivity contribution in [3.63, 3.8) is 0 Å². The Morgan fingerprint density at radius 3 is 1.22 bits per heavy atom. The summed E-state index contributed by atoms with van der Waals surface area (Å²) < 4.78 is 0. The molecule has 1 heterocycles. The summed E-state index contributed by atoms with van der Waals surface area (Å²) >= 11 is 0. The molecule has 0 N–H and O–H groups in total. The molecule has 0 radical (unpaired) electrons. The van der Waals surface area contributed by atoms with Gasteiger partial charge in [-0.15, -0.1) is 0 Å². The summed E-state index contributed by atoms with van der Waals surface area (Å²) in [5, 5.41) is 0. The van der Waals surface area contributed by atoms with Crippen LogP contribution in [0.15, 0.2) is 0 Å². The fraction of sp³-hybridized carbons (Fsp3) is 0.773. The number of nitrogens with zero attached hydrogens (tertiary/aromatic N) is 1. The Morgan fingerprint density at radius 1 is 0.609 bits per heavy atom. The average Bonchev–Trinajstić information content (AvgIpc) is 2.36. The Balaban J connectivity index is 3.84. The van der Waals surface area contributed by atoms with Crippen LogP contribution in [0.25, 0.3) is 0 Å². The zero-order valence-corrected chi connectivity index (χ0v) is 17.2. The van der Waals surface area contributed by atoms with Gasteiger partial charge in [0.25, 0.3) is 0 Å². The molecule has 1 aromatic rings. The van der Waals surface area contributed by atoms with E-state index in [1.807, 2.05) is 0 Å². The molecule has 0 aliphatic carbocycles. The lowest BCUT2D eigenvalue weighted by atomic mass is 9.73. The third-order valence-corrected chi connectivity index (χ3v) is 4.42. The van der Waals surface area contributed by atoms with Crippen molar-refractivity contribution in [3.8, 4) is 0 Å². The second-order valence-electron chi connectivity index (χ2n) is 8.98. The number of rotatable bonds is 6. The molecule has 1 aromatic heterocycles. The van der Waals surface area contributed by atoms with Crippen molar-refractivity contribution in [1.29, 1.82) is 0 Å². The van der Waals surface area contributed by atoms with Gasteiger partial charge < -0.3 is 0 Å². The van der Waals surface area contributed by atoms with Gasteiger partial charge in [-0.3, -0.25) is 4.98 Å². The van der Waals surface area contributed by atoms with Crippen LogP contribution in [0, 0.1) is 0 Å². The lowest BCUT2D eigenvalue weighted by molar-refractivity contribution is 0.531. The number of pyridine rings is 1. The first-order valence-corrected chi connectivity index (χ1v) is 9.63. The van der Waals surface area contributed by atoms with Crippen molar-refractivity contribution in [1.82, 2.24) is 4.98 Å². The first kappa shape index (κ1) is 20.2. The van der Waals surface area contributed by atoms with Gasteiger partial charge in [0.1, 0.15) is 0 Å². The molecule has 0 saturated heterocycles. The van der Waals surface area contributed by atoms with Crippen LogP contribution in [-0.2, 0) is 30.1 Å². The molecular formula is C22H39N. The van der Waals surface area contributed by atoms with E-state index in [9.17, 15) is 0 Å². The molecule has 23 heavy (non-hydrogen) atoms. The smallest absolute Gasteiger partial charge is 0.0447 e. The maximum atomic E-state index is 5.23. The van der Waals surface area contributed by atoms with E-state index in [-0.39, 0.29) is 10.8 Å². The minimum atomic E-state index is 0.159. The van der Waals surface area contributed by atoms with Gasteiger partial charge in [0, 0.05) is 11.4 Å². The third kappa shape index (κ3) is 4.81. The second-order valence-corrected chi connectivity index (χ2v) is 8.98. The Kier molecular flexibility index (Phi) is 6.86. The van der Waals surface area contributed by atoms with Crippen molar-refractivity contribution >= 4 is 0 Å². The van der Waals surface area contributed by atoms with Crippen LogP contribution in [0.4, 0.5) is 0 Å². The van der Waals surface area contributed by atoms with Gasteiger partial charge in [-0.2, -0.15) is 0 Å². The number of aryl methyl sites for hydroxylation is 2. The molecule has 0 saturated carbocycles. The number of aromatic nitrogens is 1. The highest BCUT2D eigenvalue weighted by molar-refractivity contribution is 5.47. The van der Waals surface area contributed by atoms with Gasteiger partial charge in [0.2, 0.25) is 0 Å². The molecule has 0 spiro atoms. The van der Waals surface area contributed by atoms with Gasteiger partial charge in [-0.1, -0.05) is 81.6 Å². The van der Waals surface area contributed by atoms with E-state index in [0.717, 1.165) is 12.8 Å². The molecule has 0 atom stereocenters. The molecule has 1 heteroatoms. The molecule has 0 aliphatic heterocycles. The van der Waals surface area contributed by atoms with E-state index in [0.29, 0.717) is 0 Å². The van der Waals surface area contributed by atoms with E-state index < -0.39 is 0 Å². The summed E-state index contributed by atoms with van der Waals surface area (Å²) in [6.07, 6.45) is 6.92. The Bertz CT molecular complexity index is 470. The maximum absolute atomic E-state index is 5.23. The molecule has 1 nitrogen and oxygen atoms in total. The molecule has 1 rings (SSSR count). The molecule has 0 fully saturated rings. The van der Waals surface area contributed by atoms with E-state index in [4.69, 9.17) is 4.98 Å². The first-order valence-electron chi connectivity index (χ1n) is 9.63. The van der Waals surface area contributed by atoms with Crippen molar-refractivity contribution in [2.24, 2.45) is 0 Å². The van der Waals surface area contributed by atoms with Crippen LogP contribution in [0.3, 0.4) is 0 Å². The number of hydrogen-bond acceptors (Lipinski definition) is 1. The minimum absolute atomic E-state index is 0.159. The Hall–Kier alpha value is -0.850. The highest BCUT2D eigenvalue weighted by atomic mass is 14.7. The standard InChI is InChI=1S/C22H39N/c1-10-13-16-19(21(4,5)6)17(14-11-2)23-18(15-12-3)20(16)22(7,8)9/h10-15H2,1-9H3. The first-order chi connectivity index (χ1) is 10.6. The van der Waals surface area contributed by atoms with Crippen LogP contribution in [0.1, 0.15) is 110 Å². The lowest BCUT2D eigenvalue weighted by Crippen LogP contribution is -2.26. The molecular weight excluding hydrogens is 278 g/mol. The quantitative estimate of drug-likeness (QED) is 0.581. The van der Waals surface area contributed by atoms with Crippen molar-refractivity contribution < 1.29 is 0 Å². The number of hydrogen-bond donors (Lipinski definition) is 0. The van der Waals surface area contributed by atoms with Crippen LogP contribution < -0.4 is 0 Å². The van der Waals surface area contributed by atoms with Crippen molar-refractivity contribution in [2.45, 2.75) is 112 Å². The third-order valence-electron chi connectivity index (χ3n) is 4.42. The van der Waals surface area contributed by atoms with Crippen LogP contribution in [0.2, 0.25) is 0 Å². The lowest BCUT2D eigenvalue weighted by Gasteiger charge is -2.34. The fourth-order valence-electron chi connectivity index (χ4n) is 3.85. The van der Waals surface area contributed by atoms with E-state index in [1.54, 1.807) is 5.56 Å². The zero-order chi connectivity index (χ0) is 17.8. The van der Waals surface area contributed by atoms with Crippen LogP contribution in [0.5, 0.6) is 0 Å². The van der Waals surface area contributed by atoms with Crippen LogP contribution in [-0.4, -0.2) is 4.98 Å². The summed E-state index contributed by atoms with van der Waals surface area (Å²) in [5.41, 5.74) is 7.71. The summed E-state index contributed by atoms with van der Waals surface area (Å²) in [4.78, 5) is 5.23. The molecule has 0 bridgehead atoms. The van der Waals surface area contributed by atoms with E-state index >= 15 is 0 Å². The SMILES string of the molecule is CCCc1nc(CCC)c(C(C)(C)C)c(CCC)c1C(C)(C)C. The van der Waals surface area contributed by atoms with Crippen molar-refractivity contribution in [3.05, 3.63) is 28.1 Å². The molecule has 0 unspecified atom stereocenters. The molecule has 0 aromatic carbocycles. The minimum Gasteiger partial charge on any atom is -0.257 e. The zero-order valence-electron chi connectivity index (χ0n) is 17.2. The largest absolute Gasteiger partial charge is 0.257 e. The summed E-state index contributed by atoms with van der Waals surface area (Å²) in [7, 11) is 0. The summed E-state index contributed by atoms with van der Waals surface area (Å²) in [6.45, 7) is 21.0. The second kappa shape index (κ2) is 7.81. The highest BCUT2D eigenvalue weighted by Gasteiger charge is 2.30. The Labute approximate surface area is 145 Å². The molecule has 132 valence electrons. The van der Waals surface area contributed by atoms with Gasteiger partial charge in [-0.05, 0) is 46.8 Å². The molecule has 0 aliphatic rings. The fourth-order valence-corrected chi connectivity index (χ4v) is 3.85. The predicted octanol–water partition coefficient (Wildman–Crippen LogP) is 6.53. The monoisotopic (exact) mass is 317 g/mol. The van der Waals surface area contributed by atoms with Gasteiger partial charge >= 0.3 is 0 Å². The summed E-state index contributed by atoms with van der Waals surface area (Å²) in [5.74, 6) is 0. The average molecular weight is 318 g/mol. The van der Waals surface area contributed by atoms with Gasteiger partial charge in [0.05, 0.1) is 0 Å². The van der Waals surface area contributed by atoms with Gasteiger partial charge in [0.15, 0.2) is 0 Å². The van der Waals surface area contributed by atoms with Gasteiger partial charge in [-0.25, -0.2) is 0 Å². The van der Waals surface area contributed by atoms with E-state index in [1.165, 1.54) is 48.2 Å². The highest BCUT2D eigenvalue weighted by Crippen LogP contribution is 2.38. The molecule has 0 amide bonds. The normalized spacial score (nSPS) is 12.7. The predicted molar refractivity (Wildman–Crippen MR) is 104 cm³/mol.